The van der Waals surface area contributed by atoms with Crippen LogP contribution in [-0.4, -0.2) is 24.8 Å². The Labute approximate surface area is 120 Å². The molecule has 106 valence electrons. The molecule has 0 saturated carbocycles. The molecule has 0 radical (unpaired) electrons. The van der Waals surface area contributed by atoms with E-state index in [-0.39, 0.29) is 6.61 Å². The van der Waals surface area contributed by atoms with Gasteiger partial charge in [-0.2, -0.15) is 0 Å². The fourth-order valence-electron chi connectivity index (χ4n) is 3.23. The molecule has 1 atom stereocenters. The molecule has 1 fully saturated rings. The number of rotatable bonds is 3. The van der Waals surface area contributed by atoms with Crippen molar-refractivity contribution < 1.29 is 5.11 Å². The first kappa shape index (κ1) is 13.4. The summed E-state index contributed by atoms with van der Waals surface area (Å²) in [5.41, 5.74) is 8.31. The number of anilines is 1. The molecular weight excluding hydrogens is 248 g/mol. The fourth-order valence-corrected chi connectivity index (χ4v) is 3.23. The van der Waals surface area contributed by atoms with Gasteiger partial charge in [0.2, 0.25) is 0 Å². The molecule has 1 heterocycles. The third-order valence-corrected chi connectivity index (χ3v) is 4.33. The quantitative estimate of drug-likeness (QED) is 0.901. The van der Waals surface area contributed by atoms with E-state index in [9.17, 15) is 5.11 Å². The molecule has 20 heavy (non-hydrogen) atoms. The maximum absolute atomic E-state index is 9.41. The van der Waals surface area contributed by atoms with Crippen molar-refractivity contribution >= 4 is 16.5 Å². The summed E-state index contributed by atoms with van der Waals surface area (Å²) in [5.74, 6) is 0.400. The monoisotopic (exact) mass is 270 g/mol. The van der Waals surface area contributed by atoms with Crippen molar-refractivity contribution in [3.63, 3.8) is 0 Å². The van der Waals surface area contributed by atoms with Crippen molar-refractivity contribution in [2.75, 3.05) is 24.6 Å². The number of aliphatic hydroxyl groups excluding tert-OH is 1. The zero-order valence-corrected chi connectivity index (χ0v) is 11.8. The lowest BCUT2D eigenvalue weighted by molar-refractivity contribution is 0.209. The van der Waals surface area contributed by atoms with Gasteiger partial charge in [0, 0.05) is 37.3 Å². The van der Waals surface area contributed by atoms with E-state index in [4.69, 9.17) is 5.73 Å². The van der Waals surface area contributed by atoms with Crippen molar-refractivity contribution in [3.05, 3.63) is 42.0 Å². The van der Waals surface area contributed by atoms with Crippen LogP contribution in [0.1, 0.15) is 18.4 Å². The minimum atomic E-state index is 0.287. The smallest absolute Gasteiger partial charge is 0.0476 e. The number of hydrogen-bond donors (Lipinski definition) is 2. The number of hydrogen-bond acceptors (Lipinski definition) is 3. The number of piperidine rings is 1. The van der Waals surface area contributed by atoms with Gasteiger partial charge in [0.25, 0.3) is 0 Å². The van der Waals surface area contributed by atoms with Crippen LogP contribution in [0.5, 0.6) is 0 Å². The molecule has 0 spiro atoms. The molecular formula is C17H22N2O. The summed E-state index contributed by atoms with van der Waals surface area (Å²) in [7, 11) is 0. The van der Waals surface area contributed by atoms with Gasteiger partial charge in [0.05, 0.1) is 0 Å². The standard InChI is InChI=1S/C17H22N2O/c18-10-14-7-8-17(16-6-2-1-5-15(14)16)19-9-3-4-13(11-19)12-20/h1-2,5-8,13,20H,3-4,9-12,18H2. The van der Waals surface area contributed by atoms with E-state index in [1.165, 1.54) is 22.0 Å². The third-order valence-electron chi connectivity index (χ3n) is 4.33. The van der Waals surface area contributed by atoms with Gasteiger partial charge in [-0.1, -0.05) is 30.3 Å². The summed E-state index contributed by atoms with van der Waals surface area (Å²) in [5, 5.41) is 11.9. The molecule has 0 amide bonds. The van der Waals surface area contributed by atoms with Gasteiger partial charge >= 0.3 is 0 Å². The molecule has 0 bridgehead atoms. The number of benzene rings is 2. The fraction of sp³-hybridized carbons (Fsp3) is 0.412. The second-order valence-corrected chi connectivity index (χ2v) is 5.63. The zero-order valence-electron chi connectivity index (χ0n) is 11.8. The predicted octanol–water partition coefficient (Wildman–Crippen LogP) is 2.51. The zero-order chi connectivity index (χ0) is 13.9. The van der Waals surface area contributed by atoms with Crippen molar-refractivity contribution in [2.24, 2.45) is 11.7 Å². The highest BCUT2D eigenvalue weighted by molar-refractivity contribution is 5.96. The van der Waals surface area contributed by atoms with E-state index in [2.05, 4.69) is 41.3 Å². The van der Waals surface area contributed by atoms with Crippen molar-refractivity contribution in [1.29, 1.82) is 0 Å². The summed E-state index contributed by atoms with van der Waals surface area (Å²) < 4.78 is 0. The van der Waals surface area contributed by atoms with Gasteiger partial charge < -0.3 is 15.7 Å². The van der Waals surface area contributed by atoms with Crippen LogP contribution >= 0.6 is 0 Å². The van der Waals surface area contributed by atoms with E-state index in [1.807, 2.05) is 0 Å². The molecule has 0 aromatic heterocycles. The Morgan fingerprint density at radius 1 is 1.15 bits per heavy atom. The SMILES string of the molecule is NCc1ccc(N2CCCC(CO)C2)c2ccccc12. The van der Waals surface area contributed by atoms with Crippen molar-refractivity contribution in [3.8, 4) is 0 Å². The lowest BCUT2D eigenvalue weighted by Crippen LogP contribution is -2.36. The van der Waals surface area contributed by atoms with Gasteiger partial charge in [-0.3, -0.25) is 0 Å². The highest BCUT2D eigenvalue weighted by Crippen LogP contribution is 2.32. The van der Waals surface area contributed by atoms with Crippen LogP contribution in [0.3, 0.4) is 0 Å². The maximum atomic E-state index is 9.41. The highest BCUT2D eigenvalue weighted by Gasteiger charge is 2.21. The molecule has 1 unspecified atom stereocenters. The molecule has 2 aromatic rings. The number of fused-ring (bicyclic) bond motifs is 1. The Kier molecular flexibility index (Phi) is 3.90. The Bertz CT molecular complexity index is 597. The molecule has 3 rings (SSSR count). The molecule has 2 aromatic carbocycles. The average Bonchev–Trinajstić information content (AvgIpc) is 2.54. The first-order valence-corrected chi connectivity index (χ1v) is 7.40. The highest BCUT2D eigenvalue weighted by atomic mass is 16.3. The second kappa shape index (κ2) is 5.81. The number of aliphatic hydroxyl groups is 1. The van der Waals surface area contributed by atoms with Crippen LogP contribution in [-0.2, 0) is 6.54 Å². The molecule has 1 aliphatic rings. The van der Waals surface area contributed by atoms with Crippen molar-refractivity contribution in [1.82, 2.24) is 0 Å². The lowest BCUT2D eigenvalue weighted by Gasteiger charge is -2.34. The van der Waals surface area contributed by atoms with E-state index in [0.717, 1.165) is 25.9 Å². The largest absolute Gasteiger partial charge is 0.396 e. The first-order valence-electron chi connectivity index (χ1n) is 7.40. The molecule has 3 nitrogen and oxygen atoms in total. The second-order valence-electron chi connectivity index (χ2n) is 5.63. The van der Waals surface area contributed by atoms with E-state index in [0.29, 0.717) is 12.5 Å². The molecule has 3 N–H and O–H groups in total. The molecule has 1 saturated heterocycles. The summed E-state index contributed by atoms with van der Waals surface area (Å²) in [4.78, 5) is 2.41. The minimum absolute atomic E-state index is 0.287. The Hall–Kier alpha value is -1.58. The van der Waals surface area contributed by atoms with E-state index >= 15 is 0 Å². The average molecular weight is 270 g/mol. The van der Waals surface area contributed by atoms with E-state index in [1.54, 1.807) is 0 Å². The van der Waals surface area contributed by atoms with Gasteiger partial charge in [0.1, 0.15) is 0 Å². The number of nitrogens with two attached hydrogens (primary N) is 1. The Morgan fingerprint density at radius 3 is 2.70 bits per heavy atom. The van der Waals surface area contributed by atoms with E-state index < -0.39 is 0 Å². The van der Waals surface area contributed by atoms with Crippen LogP contribution in [0.4, 0.5) is 5.69 Å². The summed E-state index contributed by atoms with van der Waals surface area (Å²) in [6, 6.07) is 12.8. The van der Waals surface area contributed by atoms with Gasteiger partial charge in [-0.25, -0.2) is 0 Å². The molecule has 0 aliphatic carbocycles. The number of nitrogens with zero attached hydrogens (tertiary/aromatic N) is 1. The summed E-state index contributed by atoms with van der Waals surface area (Å²) in [6.45, 7) is 2.88. The molecule has 1 aliphatic heterocycles. The van der Waals surface area contributed by atoms with Crippen LogP contribution < -0.4 is 10.6 Å². The van der Waals surface area contributed by atoms with Gasteiger partial charge in [-0.15, -0.1) is 0 Å². The van der Waals surface area contributed by atoms with Crippen LogP contribution in [0.15, 0.2) is 36.4 Å². The summed E-state index contributed by atoms with van der Waals surface area (Å²) >= 11 is 0. The van der Waals surface area contributed by atoms with Gasteiger partial charge in [0.15, 0.2) is 0 Å². The predicted molar refractivity (Wildman–Crippen MR) is 83.9 cm³/mol. The summed E-state index contributed by atoms with van der Waals surface area (Å²) in [6.07, 6.45) is 2.28. The minimum Gasteiger partial charge on any atom is -0.396 e. The van der Waals surface area contributed by atoms with Crippen molar-refractivity contribution in [2.45, 2.75) is 19.4 Å². The van der Waals surface area contributed by atoms with Crippen LogP contribution in [0, 0.1) is 5.92 Å². The molecule has 3 heteroatoms. The maximum Gasteiger partial charge on any atom is 0.0476 e. The topological polar surface area (TPSA) is 49.5 Å². The van der Waals surface area contributed by atoms with Crippen LogP contribution in [0.25, 0.3) is 10.8 Å². The van der Waals surface area contributed by atoms with Crippen LogP contribution in [0.2, 0.25) is 0 Å². The van der Waals surface area contributed by atoms with Gasteiger partial charge in [-0.05, 0) is 35.8 Å². The Balaban J connectivity index is 2.03. The lowest BCUT2D eigenvalue weighted by atomic mass is 9.96. The third kappa shape index (κ3) is 2.39. The normalized spacial score (nSPS) is 19.5. The Morgan fingerprint density at radius 2 is 1.95 bits per heavy atom. The first-order chi connectivity index (χ1) is 9.83.